The average molecular weight is 270 g/mol. The fraction of sp³-hybridized carbons (Fsp3) is 0.571. The zero-order chi connectivity index (χ0) is 13.2. The van der Waals surface area contributed by atoms with Gasteiger partial charge in [0.1, 0.15) is 5.82 Å². The lowest BCUT2D eigenvalue weighted by Crippen LogP contribution is -2.32. The van der Waals surface area contributed by atoms with Crippen LogP contribution in [0.3, 0.4) is 0 Å². The molecule has 0 radical (unpaired) electrons. The van der Waals surface area contributed by atoms with E-state index in [1.165, 1.54) is 24.3 Å². The molecule has 0 saturated heterocycles. The van der Waals surface area contributed by atoms with Crippen LogP contribution in [-0.4, -0.2) is 13.7 Å². The van der Waals surface area contributed by atoms with Gasteiger partial charge in [0.05, 0.1) is 10.1 Å². The summed E-state index contributed by atoms with van der Waals surface area (Å²) in [6.07, 6.45) is 4.71. The van der Waals surface area contributed by atoms with Crippen LogP contribution in [0.5, 0.6) is 0 Å². The van der Waals surface area contributed by atoms with E-state index < -0.39 is 15.7 Å². The number of sulfone groups is 1. The molecular weight excluding hydrogens is 251 g/mol. The summed E-state index contributed by atoms with van der Waals surface area (Å²) in [5.74, 6) is -0.154. The highest BCUT2D eigenvalue weighted by atomic mass is 32.2. The van der Waals surface area contributed by atoms with Crippen LogP contribution in [0.4, 0.5) is 4.39 Å². The molecule has 1 aromatic rings. The van der Waals surface area contributed by atoms with Crippen molar-refractivity contribution in [1.82, 2.24) is 0 Å². The van der Waals surface area contributed by atoms with Crippen LogP contribution in [0.25, 0.3) is 0 Å². The summed E-state index contributed by atoms with van der Waals surface area (Å²) in [4.78, 5) is 0.259. The second-order valence-corrected chi connectivity index (χ2v) is 7.16. The van der Waals surface area contributed by atoms with E-state index in [0.717, 1.165) is 32.1 Å². The third-order valence-electron chi connectivity index (χ3n) is 3.90. The molecule has 0 aliphatic heterocycles. The van der Waals surface area contributed by atoms with E-state index in [2.05, 4.69) is 0 Å². The maximum absolute atomic E-state index is 12.9. The lowest BCUT2D eigenvalue weighted by molar-refractivity contribution is 0.348. The van der Waals surface area contributed by atoms with Crippen molar-refractivity contribution in [2.45, 2.75) is 49.2 Å². The van der Waals surface area contributed by atoms with Gasteiger partial charge in [0.2, 0.25) is 0 Å². The lowest BCUT2D eigenvalue weighted by Gasteiger charge is -2.30. The molecule has 2 atom stereocenters. The Kier molecular flexibility index (Phi) is 4.05. The summed E-state index contributed by atoms with van der Waals surface area (Å²) in [5.41, 5.74) is 0. The molecule has 0 aromatic heterocycles. The van der Waals surface area contributed by atoms with E-state index in [-0.39, 0.29) is 16.1 Å². The molecule has 0 spiro atoms. The SMILES string of the molecule is CCC1CCCCC1S(=O)(=O)c1ccc(F)cc1. The molecule has 18 heavy (non-hydrogen) atoms. The zero-order valence-electron chi connectivity index (χ0n) is 10.6. The van der Waals surface area contributed by atoms with Crippen LogP contribution in [0.2, 0.25) is 0 Å². The fourth-order valence-corrected chi connectivity index (χ4v) is 5.03. The summed E-state index contributed by atoms with van der Waals surface area (Å²) in [7, 11) is -3.31. The zero-order valence-corrected chi connectivity index (χ0v) is 11.4. The molecule has 0 N–H and O–H groups in total. The Balaban J connectivity index is 2.32. The third kappa shape index (κ3) is 2.58. The minimum atomic E-state index is -3.31. The van der Waals surface area contributed by atoms with Gasteiger partial charge in [0.15, 0.2) is 9.84 Å². The van der Waals surface area contributed by atoms with Crippen LogP contribution >= 0.6 is 0 Å². The monoisotopic (exact) mass is 270 g/mol. The van der Waals surface area contributed by atoms with E-state index >= 15 is 0 Å². The van der Waals surface area contributed by atoms with E-state index in [9.17, 15) is 12.8 Å². The minimum absolute atomic E-state index is 0.244. The van der Waals surface area contributed by atoms with Crippen molar-refractivity contribution in [3.63, 3.8) is 0 Å². The van der Waals surface area contributed by atoms with Crippen molar-refractivity contribution in [3.8, 4) is 0 Å². The standard InChI is InChI=1S/C14H19FO2S/c1-2-11-5-3-4-6-14(11)18(16,17)13-9-7-12(15)8-10-13/h7-11,14H,2-6H2,1H3. The summed E-state index contributed by atoms with van der Waals surface area (Å²) in [5, 5.41) is -0.290. The minimum Gasteiger partial charge on any atom is -0.223 e. The topological polar surface area (TPSA) is 34.1 Å². The largest absolute Gasteiger partial charge is 0.223 e. The van der Waals surface area contributed by atoms with Crippen molar-refractivity contribution in [2.24, 2.45) is 5.92 Å². The summed E-state index contributed by atoms with van der Waals surface area (Å²) in [6.45, 7) is 2.04. The average Bonchev–Trinajstić information content (AvgIpc) is 2.39. The number of halogens is 1. The molecule has 1 aliphatic rings. The van der Waals surface area contributed by atoms with Crippen LogP contribution in [-0.2, 0) is 9.84 Å². The smallest absolute Gasteiger partial charge is 0.181 e. The van der Waals surface area contributed by atoms with Gasteiger partial charge in [-0.3, -0.25) is 0 Å². The van der Waals surface area contributed by atoms with Crippen LogP contribution in [0, 0.1) is 11.7 Å². The summed E-state index contributed by atoms with van der Waals surface area (Å²) >= 11 is 0. The van der Waals surface area contributed by atoms with Gasteiger partial charge in [-0.15, -0.1) is 0 Å². The Morgan fingerprint density at radius 1 is 1.17 bits per heavy atom. The summed E-state index contributed by atoms with van der Waals surface area (Å²) < 4.78 is 38.0. The first-order chi connectivity index (χ1) is 8.55. The summed E-state index contributed by atoms with van der Waals surface area (Å²) in [6, 6.07) is 5.20. The normalized spacial score (nSPS) is 25.0. The van der Waals surface area contributed by atoms with Gasteiger partial charge in [-0.2, -0.15) is 0 Å². The van der Waals surface area contributed by atoms with E-state index in [1.54, 1.807) is 0 Å². The Morgan fingerprint density at radius 3 is 2.39 bits per heavy atom. The molecule has 4 heteroatoms. The first-order valence-corrected chi connectivity index (χ1v) is 8.10. The molecule has 0 bridgehead atoms. The number of benzene rings is 1. The van der Waals surface area contributed by atoms with Crippen molar-refractivity contribution in [1.29, 1.82) is 0 Å². The lowest BCUT2D eigenvalue weighted by atomic mass is 9.87. The van der Waals surface area contributed by atoms with Gasteiger partial charge in [-0.05, 0) is 43.0 Å². The Labute approximate surface area is 108 Å². The maximum atomic E-state index is 12.9. The predicted molar refractivity (Wildman–Crippen MR) is 69.6 cm³/mol. The molecule has 1 saturated carbocycles. The molecule has 1 fully saturated rings. The Hall–Kier alpha value is -0.900. The molecule has 100 valence electrons. The Bertz CT molecular complexity index is 493. The van der Waals surface area contributed by atoms with E-state index in [4.69, 9.17) is 0 Å². The molecular formula is C14H19FO2S. The molecule has 0 amide bonds. The molecule has 1 aliphatic carbocycles. The highest BCUT2D eigenvalue weighted by Crippen LogP contribution is 2.34. The van der Waals surface area contributed by atoms with Crippen molar-refractivity contribution >= 4 is 9.84 Å². The molecule has 2 unspecified atom stereocenters. The first kappa shape index (κ1) is 13.5. The molecule has 2 nitrogen and oxygen atoms in total. The molecule has 1 aromatic carbocycles. The molecule has 2 rings (SSSR count). The second-order valence-electron chi connectivity index (χ2n) is 4.99. The van der Waals surface area contributed by atoms with Crippen molar-refractivity contribution in [3.05, 3.63) is 30.1 Å². The van der Waals surface area contributed by atoms with Crippen LogP contribution in [0.1, 0.15) is 39.0 Å². The fourth-order valence-electron chi connectivity index (χ4n) is 2.85. The molecule has 0 heterocycles. The van der Waals surface area contributed by atoms with Crippen molar-refractivity contribution in [2.75, 3.05) is 0 Å². The van der Waals surface area contributed by atoms with Gasteiger partial charge < -0.3 is 0 Å². The van der Waals surface area contributed by atoms with E-state index in [0.29, 0.717) is 0 Å². The van der Waals surface area contributed by atoms with Crippen molar-refractivity contribution < 1.29 is 12.8 Å². The number of rotatable bonds is 3. The van der Waals surface area contributed by atoms with Crippen LogP contribution in [0.15, 0.2) is 29.2 Å². The van der Waals surface area contributed by atoms with E-state index in [1.807, 2.05) is 6.92 Å². The van der Waals surface area contributed by atoms with Gasteiger partial charge in [-0.1, -0.05) is 26.2 Å². The van der Waals surface area contributed by atoms with Gasteiger partial charge in [0.25, 0.3) is 0 Å². The van der Waals surface area contributed by atoms with Gasteiger partial charge in [0, 0.05) is 0 Å². The highest BCUT2D eigenvalue weighted by Gasteiger charge is 2.35. The van der Waals surface area contributed by atoms with Gasteiger partial charge in [-0.25, -0.2) is 12.8 Å². The highest BCUT2D eigenvalue weighted by molar-refractivity contribution is 7.92. The Morgan fingerprint density at radius 2 is 1.78 bits per heavy atom. The van der Waals surface area contributed by atoms with Gasteiger partial charge >= 0.3 is 0 Å². The predicted octanol–water partition coefficient (Wildman–Crippen LogP) is 3.57. The first-order valence-electron chi connectivity index (χ1n) is 6.55. The quantitative estimate of drug-likeness (QED) is 0.787. The van der Waals surface area contributed by atoms with Crippen LogP contribution < -0.4 is 0 Å². The number of hydrogen-bond acceptors (Lipinski definition) is 2. The second kappa shape index (κ2) is 5.39. The third-order valence-corrected chi connectivity index (χ3v) is 6.25. The number of hydrogen-bond donors (Lipinski definition) is 0. The maximum Gasteiger partial charge on any atom is 0.181 e.